The van der Waals surface area contributed by atoms with Gasteiger partial charge in [0.1, 0.15) is 6.04 Å². The summed E-state index contributed by atoms with van der Waals surface area (Å²) in [7, 11) is -0.957. The van der Waals surface area contributed by atoms with Crippen LogP contribution in [0.4, 0.5) is 0 Å². The summed E-state index contributed by atoms with van der Waals surface area (Å²) in [6, 6.07) is -0.377. The summed E-state index contributed by atoms with van der Waals surface area (Å²) in [6.45, 7) is 2.80. The van der Waals surface area contributed by atoms with Gasteiger partial charge in [0.05, 0.1) is 0 Å². The first-order valence-electron chi connectivity index (χ1n) is 7.89. The Morgan fingerprint density at radius 3 is 2.57 bits per heavy atom. The minimum Gasteiger partial charge on any atom is -0.344 e. The standard InChI is InChI=1S/C15H26N2O3S/c1-11(21(2)20)10-17-9-8-13(18)16-14(15(17)19)12-6-4-3-5-7-12/h11-12,14H,3-10H2,1-2H3,(H,16,18). The zero-order valence-corrected chi connectivity index (χ0v) is 13.8. The molecule has 0 aromatic carbocycles. The molecule has 1 saturated carbocycles. The van der Waals surface area contributed by atoms with Crippen LogP contribution in [0.15, 0.2) is 0 Å². The zero-order valence-electron chi connectivity index (χ0n) is 13.0. The smallest absolute Gasteiger partial charge is 0.245 e. The van der Waals surface area contributed by atoms with Crippen molar-refractivity contribution < 1.29 is 13.8 Å². The first-order chi connectivity index (χ1) is 9.99. The number of amides is 2. The lowest BCUT2D eigenvalue weighted by Gasteiger charge is -2.32. The molecule has 21 heavy (non-hydrogen) atoms. The summed E-state index contributed by atoms with van der Waals surface area (Å²) in [4.78, 5) is 26.4. The van der Waals surface area contributed by atoms with Crippen LogP contribution < -0.4 is 5.32 Å². The fourth-order valence-electron chi connectivity index (χ4n) is 3.23. The van der Waals surface area contributed by atoms with Gasteiger partial charge in [0.2, 0.25) is 11.8 Å². The predicted octanol–water partition coefficient (Wildman–Crippen LogP) is 1.05. The third kappa shape index (κ3) is 4.28. The van der Waals surface area contributed by atoms with E-state index < -0.39 is 10.8 Å². The van der Waals surface area contributed by atoms with Crippen LogP contribution in [0, 0.1) is 5.92 Å². The van der Waals surface area contributed by atoms with Crippen molar-refractivity contribution in [2.24, 2.45) is 5.92 Å². The molecule has 0 radical (unpaired) electrons. The summed E-state index contributed by atoms with van der Waals surface area (Å²) < 4.78 is 11.5. The Bertz CT molecular complexity index is 421. The molecule has 2 amide bonds. The van der Waals surface area contributed by atoms with Crippen molar-refractivity contribution in [3.63, 3.8) is 0 Å². The van der Waals surface area contributed by atoms with Gasteiger partial charge in [0.15, 0.2) is 0 Å². The molecule has 5 nitrogen and oxygen atoms in total. The molecule has 2 rings (SSSR count). The Kier molecular flexibility index (Phi) is 5.79. The van der Waals surface area contributed by atoms with Gasteiger partial charge in [0, 0.05) is 41.8 Å². The van der Waals surface area contributed by atoms with E-state index in [1.807, 2.05) is 6.92 Å². The molecule has 6 heteroatoms. The number of hydrogen-bond acceptors (Lipinski definition) is 3. The van der Waals surface area contributed by atoms with Crippen LogP contribution in [0.2, 0.25) is 0 Å². The second kappa shape index (κ2) is 7.38. The molecule has 1 heterocycles. The monoisotopic (exact) mass is 314 g/mol. The van der Waals surface area contributed by atoms with Gasteiger partial charge in [-0.25, -0.2) is 0 Å². The molecule has 120 valence electrons. The van der Waals surface area contributed by atoms with Crippen molar-refractivity contribution in [1.82, 2.24) is 10.2 Å². The van der Waals surface area contributed by atoms with Crippen molar-refractivity contribution in [2.75, 3.05) is 19.3 Å². The number of hydrogen-bond donors (Lipinski definition) is 1. The van der Waals surface area contributed by atoms with E-state index >= 15 is 0 Å². The van der Waals surface area contributed by atoms with Crippen LogP contribution in [0.5, 0.6) is 0 Å². The Morgan fingerprint density at radius 2 is 1.95 bits per heavy atom. The number of carbonyl (C=O) groups excluding carboxylic acids is 2. The van der Waals surface area contributed by atoms with Crippen molar-refractivity contribution in [3.05, 3.63) is 0 Å². The van der Waals surface area contributed by atoms with Gasteiger partial charge in [-0.15, -0.1) is 0 Å². The van der Waals surface area contributed by atoms with Crippen LogP contribution in [0.3, 0.4) is 0 Å². The minimum absolute atomic E-state index is 0.0186. The van der Waals surface area contributed by atoms with Gasteiger partial charge in [-0.3, -0.25) is 13.8 Å². The highest BCUT2D eigenvalue weighted by Gasteiger charge is 2.36. The molecule has 2 aliphatic rings. The van der Waals surface area contributed by atoms with Gasteiger partial charge in [0.25, 0.3) is 0 Å². The van der Waals surface area contributed by atoms with E-state index in [0.717, 1.165) is 25.7 Å². The number of nitrogens with one attached hydrogen (secondary N) is 1. The fraction of sp³-hybridized carbons (Fsp3) is 0.867. The Balaban J connectivity index is 2.09. The topological polar surface area (TPSA) is 66.5 Å². The first-order valence-corrected chi connectivity index (χ1v) is 9.51. The zero-order chi connectivity index (χ0) is 15.4. The van der Waals surface area contributed by atoms with E-state index in [1.54, 1.807) is 11.2 Å². The van der Waals surface area contributed by atoms with E-state index in [-0.39, 0.29) is 29.0 Å². The largest absolute Gasteiger partial charge is 0.344 e. The van der Waals surface area contributed by atoms with E-state index in [4.69, 9.17) is 0 Å². The van der Waals surface area contributed by atoms with E-state index in [1.165, 1.54) is 6.42 Å². The van der Waals surface area contributed by atoms with Gasteiger partial charge in [-0.1, -0.05) is 19.3 Å². The van der Waals surface area contributed by atoms with Crippen LogP contribution in [-0.2, 0) is 20.4 Å². The maximum Gasteiger partial charge on any atom is 0.245 e. The molecule has 0 bridgehead atoms. The SMILES string of the molecule is CC(CN1CCC(=O)NC(C2CCCCC2)C1=O)S(C)=O. The van der Waals surface area contributed by atoms with Crippen LogP contribution in [0.1, 0.15) is 45.4 Å². The molecule has 1 N–H and O–H groups in total. The average Bonchev–Trinajstić information content (AvgIpc) is 2.61. The highest BCUT2D eigenvalue weighted by molar-refractivity contribution is 7.84. The Hall–Kier alpha value is -0.910. The van der Waals surface area contributed by atoms with E-state index in [0.29, 0.717) is 19.5 Å². The second-order valence-corrected chi connectivity index (χ2v) is 8.09. The minimum atomic E-state index is -0.957. The molecular formula is C15H26N2O3S. The average molecular weight is 314 g/mol. The molecule has 2 fully saturated rings. The summed E-state index contributed by atoms with van der Waals surface area (Å²) in [5, 5.41) is 2.86. The molecular weight excluding hydrogens is 288 g/mol. The van der Waals surface area contributed by atoms with Gasteiger partial charge < -0.3 is 10.2 Å². The lowest BCUT2D eigenvalue weighted by Crippen LogP contribution is -2.50. The van der Waals surface area contributed by atoms with Crippen molar-refractivity contribution in [3.8, 4) is 0 Å². The molecule has 1 saturated heterocycles. The van der Waals surface area contributed by atoms with Crippen LogP contribution in [0.25, 0.3) is 0 Å². The lowest BCUT2D eigenvalue weighted by atomic mass is 9.83. The van der Waals surface area contributed by atoms with Crippen molar-refractivity contribution >= 4 is 22.6 Å². The van der Waals surface area contributed by atoms with Crippen LogP contribution >= 0.6 is 0 Å². The van der Waals surface area contributed by atoms with E-state index in [2.05, 4.69) is 5.32 Å². The van der Waals surface area contributed by atoms with Gasteiger partial charge >= 0.3 is 0 Å². The molecule has 0 spiro atoms. The summed E-state index contributed by atoms with van der Waals surface area (Å²) in [5.74, 6) is 0.245. The maximum absolute atomic E-state index is 12.8. The third-order valence-corrected chi connectivity index (χ3v) is 5.95. The Morgan fingerprint density at radius 1 is 1.29 bits per heavy atom. The van der Waals surface area contributed by atoms with Crippen molar-refractivity contribution in [2.45, 2.75) is 56.7 Å². The number of carbonyl (C=O) groups is 2. The van der Waals surface area contributed by atoms with Crippen molar-refractivity contribution in [1.29, 1.82) is 0 Å². The summed E-state index contributed by atoms with van der Waals surface area (Å²) >= 11 is 0. The highest BCUT2D eigenvalue weighted by Crippen LogP contribution is 2.28. The molecule has 3 unspecified atom stereocenters. The third-order valence-electron chi connectivity index (χ3n) is 4.67. The quantitative estimate of drug-likeness (QED) is 0.843. The fourth-order valence-corrected chi connectivity index (χ4v) is 3.62. The molecule has 0 aromatic rings. The normalized spacial score (nSPS) is 27.9. The second-order valence-electron chi connectivity index (χ2n) is 6.29. The lowest BCUT2D eigenvalue weighted by molar-refractivity contribution is -0.135. The summed E-state index contributed by atoms with van der Waals surface area (Å²) in [5.41, 5.74) is 0. The molecule has 1 aliphatic heterocycles. The Labute approximate surface area is 129 Å². The molecule has 1 aliphatic carbocycles. The number of rotatable bonds is 4. The maximum atomic E-state index is 12.8. The predicted molar refractivity (Wildman–Crippen MR) is 83.2 cm³/mol. The van der Waals surface area contributed by atoms with Gasteiger partial charge in [-0.05, 0) is 25.7 Å². The molecule has 3 atom stereocenters. The van der Waals surface area contributed by atoms with Crippen LogP contribution in [-0.4, -0.2) is 51.6 Å². The first kappa shape index (κ1) is 16.5. The number of nitrogens with zero attached hydrogens (tertiary/aromatic N) is 1. The van der Waals surface area contributed by atoms with Gasteiger partial charge in [-0.2, -0.15) is 0 Å². The van der Waals surface area contributed by atoms with E-state index in [9.17, 15) is 13.8 Å². The highest BCUT2D eigenvalue weighted by atomic mass is 32.2. The summed E-state index contributed by atoms with van der Waals surface area (Å²) in [6.07, 6.45) is 7.53. The molecule has 0 aromatic heterocycles.